The van der Waals surface area contributed by atoms with Gasteiger partial charge in [-0.25, -0.2) is 0 Å². The van der Waals surface area contributed by atoms with Gasteiger partial charge in [-0.2, -0.15) is 0 Å². The lowest BCUT2D eigenvalue weighted by molar-refractivity contribution is 0.288. The van der Waals surface area contributed by atoms with Gasteiger partial charge in [0.1, 0.15) is 0 Å². The largest absolute Gasteiger partial charge is 0.313 e. The van der Waals surface area contributed by atoms with E-state index < -0.39 is 0 Å². The summed E-state index contributed by atoms with van der Waals surface area (Å²) >= 11 is 0. The Labute approximate surface area is 103 Å². The van der Waals surface area contributed by atoms with Gasteiger partial charge in [0.15, 0.2) is 0 Å². The van der Waals surface area contributed by atoms with Crippen LogP contribution in [0.25, 0.3) is 0 Å². The van der Waals surface area contributed by atoms with E-state index in [2.05, 4.69) is 51.9 Å². The first-order valence-corrected chi connectivity index (χ1v) is 6.83. The van der Waals surface area contributed by atoms with Crippen molar-refractivity contribution in [3.63, 3.8) is 0 Å². The third-order valence-corrected chi connectivity index (χ3v) is 2.84. The predicted molar refractivity (Wildman–Crippen MR) is 73.9 cm³/mol. The summed E-state index contributed by atoms with van der Waals surface area (Å²) in [7, 11) is 2.21. The van der Waals surface area contributed by atoms with Gasteiger partial charge in [0.2, 0.25) is 0 Å². The van der Waals surface area contributed by atoms with Crippen LogP contribution in [0.4, 0.5) is 0 Å². The second-order valence-electron chi connectivity index (χ2n) is 5.98. The van der Waals surface area contributed by atoms with Crippen LogP contribution in [0.3, 0.4) is 0 Å². The summed E-state index contributed by atoms with van der Waals surface area (Å²) in [6.45, 7) is 14.9. The van der Waals surface area contributed by atoms with Crippen LogP contribution in [0.15, 0.2) is 0 Å². The molecule has 0 heterocycles. The fraction of sp³-hybridized carbons (Fsp3) is 1.00. The van der Waals surface area contributed by atoms with Crippen molar-refractivity contribution in [3.05, 3.63) is 0 Å². The minimum atomic E-state index is 0.662. The van der Waals surface area contributed by atoms with Crippen molar-refractivity contribution in [2.75, 3.05) is 26.7 Å². The molecule has 0 saturated carbocycles. The topological polar surface area (TPSA) is 15.3 Å². The standard InChI is InChI=1S/C14H32N2/c1-12(2)7-8-14(5)15-9-10-16(6)11-13(3)4/h12-15H,7-11H2,1-6H3. The molecule has 0 aromatic rings. The number of rotatable bonds is 9. The van der Waals surface area contributed by atoms with Gasteiger partial charge in [-0.05, 0) is 38.6 Å². The van der Waals surface area contributed by atoms with Crippen molar-refractivity contribution < 1.29 is 0 Å². The van der Waals surface area contributed by atoms with E-state index in [-0.39, 0.29) is 0 Å². The van der Waals surface area contributed by atoms with E-state index in [1.807, 2.05) is 0 Å². The van der Waals surface area contributed by atoms with Crippen molar-refractivity contribution in [2.45, 2.75) is 53.5 Å². The summed E-state index contributed by atoms with van der Waals surface area (Å²) in [5.41, 5.74) is 0. The van der Waals surface area contributed by atoms with E-state index in [0.29, 0.717) is 6.04 Å². The second-order valence-corrected chi connectivity index (χ2v) is 5.98. The molecule has 0 rings (SSSR count). The number of hydrogen-bond donors (Lipinski definition) is 1. The van der Waals surface area contributed by atoms with Crippen LogP contribution in [0.2, 0.25) is 0 Å². The van der Waals surface area contributed by atoms with E-state index in [4.69, 9.17) is 0 Å². The van der Waals surface area contributed by atoms with E-state index >= 15 is 0 Å². The maximum atomic E-state index is 3.60. The number of likely N-dealkylation sites (N-methyl/N-ethyl adjacent to an activating group) is 1. The first kappa shape index (κ1) is 15.9. The third-order valence-electron chi connectivity index (χ3n) is 2.84. The van der Waals surface area contributed by atoms with E-state index in [1.165, 1.54) is 19.4 Å². The van der Waals surface area contributed by atoms with Crippen LogP contribution in [-0.2, 0) is 0 Å². The molecular formula is C14H32N2. The predicted octanol–water partition coefficient (Wildman–Crippen LogP) is 2.99. The molecule has 0 saturated heterocycles. The van der Waals surface area contributed by atoms with Crippen LogP contribution < -0.4 is 5.32 Å². The Morgan fingerprint density at radius 2 is 1.56 bits per heavy atom. The highest BCUT2D eigenvalue weighted by Crippen LogP contribution is 2.06. The molecule has 0 fully saturated rings. The lowest BCUT2D eigenvalue weighted by atomic mass is 10.0. The molecular weight excluding hydrogens is 196 g/mol. The zero-order chi connectivity index (χ0) is 12.6. The molecule has 0 bridgehead atoms. The van der Waals surface area contributed by atoms with Crippen LogP contribution >= 0.6 is 0 Å². The Balaban J connectivity index is 3.42. The Hall–Kier alpha value is -0.0800. The maximum absolute atomic E-state index is 3.60. The quantitative estimate of drug-likeness (QED) is 0.652. The Kier molecular flexibility index (Phi) is 8.96. The average molecular weight is 228 g/mol. The minimum Gasteiger partial charge on any atom is -0.313 e. The molecule has 0 aliphatic carbocycles. The fourth-order valence-corrected chi connectivity index (χ4v) is 1.90. The molecule has 1 N–H and O–H groups in total. The van der Waals surface area contributed by atoms with Crippen LogP contribution in [0.1, 0.15) is 47.5 Å². The summed E-state index contributed by atoms with van der Waals surface area (Å²) in [5, 5.41) is 3.60. The molecule has 0 radical (unpaired) electrons. The van der Waals surface area contributed by atoms with Crippen LogP contribution in [0, 0.1) is 11.8 Å². The van der Waals surface area contributed by atoms with Crippen molar-refractivity contribution in [1.82, 2.24) is 10.2 Å². The maximum Gasteiger partial charge on any atom is 0.0104 e. The highest BCUT2D eigenvalue weighted by molar-refractivity contribution is 4.64. The zero-order valence-corrected chi connectivity index (χ0v) is 12.2. The molecule has 0 aromatic carbocycles. The monoisotopic (exact) mass is 228 g/mol. The highest BCUT2D eigenvalue weighted by Gasteiger charge is 2.04. The summed E-state index contributed by atoms with van der Waals surface area (Å²) in [4.78, 5) is 2.41. The van der Waals surface area contributed by atoms with E-state index in [0.717, 1.165) is 24.9 Å². The van der Waals surface area contributed by atoms with Crippen molar-refractivity contribution in [2.24, 2.45) is 11.8 Å². The minimum absolute atomic E-state index is 0.662. The molecule has 0 spiro atoms. The molecule has 0 amide bonds. The Morgan fingerprint density at radius 3 is 2.06 bits per heavy atom. The number of nitrogens with one attached hydrogen (secondary N) is 1. The van der Waals surface area contributed by atoms with Gasteiger partial charge in [-0.3, -0.25) is 0 Å². The van der Waals surface area contributed by atoms with Gasteiger partial charge in [0, 0.05) is 25.7 Å². The van der Waals surface area contributed by atoms with Crippen molar-refractivity contribution >= 4 is 0 Å². The molecule has 16 heavy (non-hydrogen) atoms. The second kappa shape index (κ2) is 9.00. The molecule has 0 aromatic heterocycles. The molecule has 0 aliphatic heterocycles. The number of nitrogens with zero attached hydrogens (tertiary/aromatic N) is 1. The van der Waals surface area contributed by atoms with Gasteiger partial charge in [-0.15, -0.1) is 0 Å². The zero-order valence-electron chi connectivity index (χ0n) is 12.2. The summed E-state index contributed by atoms with van der Waals surface area (Å²) in [6.07, 6.45) is 2.63. The van der Waals surface area contributed by atoms with E-state index in [1.54, 1.807) is 0 Å². The first-order chi connectivity index (χ1) is 7.41. The summed E-state index contributed by atoms with van der Waals surface area (Å²) < 4.78 is 0. The van der Waals surface area contributed by atoms with Gasteiger partial charge in [0.25, 0.3) is 0 Å². The average Bonchev–Trinajstić information content (AvgIpc) is 2.13. The van der Waals surface area contributed by atoms with Gasteiger partial charge >= 0.3 is 0 Å². The van der Waals surface area contributed by atoms with Crippen molar-refractivity contribution in [3.8, 4) is 0 Å². The first-order valence-electron chi connectivity index (χ1n) is 6.83. The normalized spacial score (nSPS) is 14.1. The molecule has 1 unspecified atom stereocenters. The van der Waals surface area contributed by atoms with Crippen LogP contribution in [0.5, 0.6) is 0 Å². The van der Waals surface area contributed by atoms with Gasteiger partial charge in [0.05, 0.1) is 0 Å². The third kappa shape index (κ3) is 10.4. The lowest BCUT2D eigenvalue weighted by Crippen LogP contribution is -2.35. The number of hydrogen-bond acceptors (Lipinski definition) is 2. The van der Waals surface area contributed by atoms with Gasteiger partial charge < -0.3 is 10.2 Å². The van der Waals surface area contributed by atoms with Crippen LogP contribution in [-0.4, -0.2) is 37.6 Å². The highest BCUT2D eigenvalue weighted by atomic mass is 15.1. The molecule has 2 heteroatoms. The molecule has 0 aliphatic rings. The molecule has 2 nitrogen and oxygen atoms in total. The Morgan fingerprint density at radius 1 is 0.938 bits per heavy atom. The summed E-state index contributed by atoms with van der Waals surface area (Å²) in [6, 6.07) is 0.662. The smallest absolute Gasteiger partial charge is 0.0104 e. The van der Waals surface area contributed by atoms with Gasteiger partial charge in [-0.1, -0.05) is 27.7 Å². The SMILES string of the molecule is CC(C)CCC(C)NCCN(C)CC(C)C. The molecule has 98 valence electrons. The Bertz CT molecular complexity index is 155. The molecule has 1 atom stereocenters. The fourth-order valence-electron chi connectivity index (χ4n) is 1.90. The lowest BCUT2D eigenvalue weighted by Gasteiger charge is -2.21. The van der Waals surface area contributed by atoms with Crippen molar-refractivity contribution in [1.29, 1.82) is 0 Å². The summed E-state index contributed by atoms with van der Waals surface area (Å²) in [5.74, 6) is 1.59. The van der Waals surface area contributed by atoms with E-state index in [9.17, 15) is 0 Å².